The van der Waals surface area contributed by atoms with E-state index in [1.807, 2.05) is 26.0 Å². The van der Waals surface area contributed by atoms with Crippen LogP contribution in [0, 0.1) is 11.3 Å². The zero-order valence-corrected chi connectivity index (χ0v) is 21.7. The maximum absolute atomic E-state index is 9.48. The van der Waals surface area contributed by atoms with Gasteiger partial charge in [-0.3, -0.25) is 0 Å². The van der Waals surface area contributed by atoms with Crippen LogP contribution < -0.4 is 5.32 Å². The summed E-state index contributed by atoms with van der Waals surface area (Å²) in [7, 11) is -0.764. The molecule has 0 aliphatic heterocycles. The third kappa shape index (κ3) is 9.75. The van der Waals surface area contributed by atoms with E-state index in [2.05, 4.69) is 38.2 Å². The van der Waals surface area contributed by atoms with Gasteiger partial charge in [-0.1, -0.05) is 58.2 Å². The maximum atomic E-state index is 9.48. The summed E-state index contributed by atoms with van der Waals surface area (Å²) >= 11 is 0. The molecule has 32 heavy (non-hydrogen) atoms. The molecule has 1 saturated carbocycles. The quantitative estimate of drug-likeness (QED) is 0.298. The van der Waals surface area contributed by atoms with Gasteiger partial charge in [0.2, 0.25) is 0 Å². The highest BCUT2D eigenvalue weighted by Crippen LogP contribution is 2.38. The van der Waals surface area contributed by atoms with Gasteiger partial charge in [0.05, 0.1) is 13.2 Å². The third-order valence-electron chi connectivity index (χ3n) is 6.06. The van der Waals surface area contributed by atoms with Crippen LogP contribution in [0.3, 0.4) is 0 Å². The molecule has 3 rings (SSSR count). The van der Waals surface area contributed by atoms with Crippen LogP contribution >= 0.6 is 8.38 Å². The smallest absolute Gasteiger partial charge is 0.171 e. The first-order valence-electron chi connectivity index (χ1n) is 12.3. The molecule has 1 aliphatic rings. The Bertz CT molecular complexity index is 778. The first-order chi connectivity index (χ1) is 15.3. The van der Waals surface area contributed by atoms with Gasteiger partial charge in [-0.15, -0.1) is 0 Å². The summed E-state index contributed by atoms with van der Waals surface area (Å²) in [5.41, 5.74) is 1.80. The van der Waals surface area contributed by atoms with Gasteiger partial charge in [0, 0.05) is 19.3 Å². The Morgan fingerprint density at radius 2 is 1.56 bits per heavy atom. The fraction of sp³-hybridized carbons (Fsp3) is 0.630. The van der Waals surface area contributed by atoms with E-state index in [0.29, 0.717) is 24.4 Å². The van der Waals surface area contributed by atoms with Crippen LogP contribution in [-0.2, 0) is 15.6 Å². The number of phenols is 1. The standard InChI is InChI=1S/C17H24NO3P.C10H20/c1-3-20-22(21-4-2)10-9-18-13-14-5-6-16-12-17(19)8-7-15(16)11-14;1-10(2,3)9-7-5-4-6-8-9/h5-8,11-12,18-19H,3-4,9-10,13H2,1-2H3;9H,4-8H2,1-3H3. The highest BCUT2D eigenvalue weighted by Gasteiger charge is 2.25. The number of phenolic OH excluding ortho intramolecular Hbond substituents is 1. The molecule has 180 valence electrons. The SMILES string of the molecule is CC(C)(C)C1CCCCC1.CCOP(CCNCc1ccc2cc(O)ccc2c1)OCC. The predicted molar refractivity (Wildman–Crippen MR) is 138 cm³/mol. The molecular formula is C27H44NO3P. The molecule has 0 radical (unpaired) electrons. The van der Waals surface area contributed by atoms with Crippen LogP contribution in [0.5, 0.6) is 5.75 Å². The molecule has 5 heteroatoms. The molecule has 0 saturated heterocycles. The zero-order chi connectivity index (χ0) is 23.4. The summed E-state index contributed by atoms with van der Waals surface area (Å²) in [6.07, 6.45) is 8.28. The minimum atomic E-state index is -0.764. The lowest BCUT2D eigenvalue weighted by molar-refractivity contribution is 0.180. The molecule has 0 spiro atoms. The van der Waals surface area contributed by atoms with Gasteiger partial charge in [-0.25, -0.2) is 0 Å². The van der Waals surface area contributed by atoms with E-state index in [1.165, 1.54) is 37.7 Å². The van der Waals surface area contributed by atoms with Gasteiger partial charge >= 0.3 is 0 Å². The van der Waals surface area contributed by atoms with Crippen LogP contribution in [0.25, 0.3) is 10.8 Å². The van der Waals surface area contributed by atoms with Gasteiger partial charge in [-0.2, -0.15) is 0 Å². The monoisotopic (exact) mass is 461 g/mol. The van der Waals surface area contributed by atoms with Gasteiger partial charge in [0.15, 0.2) is 8.38 Å². The Morgan fingerprint density at radius 1 is 0.938 bits per heavy atom. The molecule has 0 bridgehead atoms. The molecule has 2 N–H and O–H groups in total. The first-order valence-corrected chi connectivity index (χ1v) is 13.7. The van der Waals surface area contributed by atoms with Crippen molar-refractivity contribution in [2.45, 2.75) is 73.3 Å². The van der Waals surface area contributed by atoms with Crippen LogP contribution in [-0.4, -0.2) is 31.0 Å². The lowest BCUT2D eigenvalue weighted by Crippen LogP contribution is -2.22. The van der Waals surface area contributed by atoms with Crippen LogP contribution in [0.1, 0.15) is 72.3 Å². The molecule has 1 aliphatic carbocycles. The van der Waals surface area contributed by atoms with E-state index in [1.54, 1.807) is 12.1 Å². The van der Waals surface area contributed by atoms with Crippen molar-refractivity contribution in [1.82, 2.24) is 5.32 Å². The number of hydrogen-bond acceptors (Lipinski definition) is 4. The number of aromatic hydroxyl groups is 1. The van der Waals surface area contributed by atoms with Crippen molar-refractivity contribution >= 4 is 19.1 Å². The summed E-state index contributed by atoms with van der Waals surface area (Å²) in [4.78, 5) is 0. The summed E-state index contributed by atoms with van der Waals surface area (Å²) in [6.45, 7) is 14.2. The summed E-state index contributed by atoms with van der Waals surface area (Å²) in [6, 6.07) is 11.7. The summed E-state index contributed by atoms with van der Waals surface area (Å²) in [5.74, 6) is 1.31. The molecule has 0 atom stereocenters. The Kier molecular flexibility index (Phi) is 12.0. The van der Waals surface area contributed by atoms with E-state index in [0.717, 1.165) is 35.9 Å². The van der Waals surface area contributed by atoms with Gasteiger partial charge in [0.1, 0.15) is 5.75 Å². The summed E-state index contributed by atoms with van der Waals surface area (Å²) in [5, 5.41) is 15.1. The van der Waals surface area contributed by atoms with Gasteiger partial charge < -0.3 is 19.5 Å². The van der Waals surface area contributed by atoms with E-state index in [9.17, 15) is 5.11 Å². The topological polar surface area (TPSA) is 50.7 Å². The fourth-order valence-electron chi connectivity index (χ4n) is 4.22. The molecule has 1 fully saturated rings. The molecule has 0 unspecified atom stereocenters. The predicted octanol–water partition coefficient (Wildman–Crippen LogP) is 7.63. The highest BCUT2D eigenvalue weighted by molar-refractivity contribution is 7.47. The van der Waals surface area contributed by atoms with Crippen molar-refractivity contribution in [3.63, 3.8) is 0 Å². The third-order valence-corrected chi connectivity index (χ3v) is 7.75. The molecule has 0 heterocycles. The van der Waals surface area contributed by atoms with Crippen LogP contribution in [0.2, 0.25) is 0 Å². The second kappa shape index (κ2) is 14.2. The fourth-order valence-corrected chi connectivity index (χ4v) is 5.47. The van der Waals surface area contributed by atoms with Gasteiger partial charge in [-0.05, 0) is 72.6 Å². The van der Waals surface area contributed by atoms with Gasteiger partial charge in [0.25, 0.3) is 0 Å². The molecule has 0 aromatic heterocycles. The highest BCUT2D eigenvalue weighted by atomic mass is 31.2. The van der Waals surface area contributed by atoms with Crippen molar-refractivity contribution in [3.8, 4) is 5.75 Å². The van der Waals surface area contributed by atoms with E-state index >= 15 is 0 Å². The normalized spacial score (nSPS) is 15.1. The first kappa shape index (κ1) is 27.1. The lowest BCUT2D eigenvalue weighted by atomic mass is 9.72. The maximum Gasteiger partial charge on any atom is 0.171 e. The Labute approximate surface area is 197 Å². The average molecular weight is 462 g/mol. The number of nitrogens with one attached hydrogen (secondary N) is 1. The van der Waals surface area contributed by atoms with E-state index < -0.39 is 8.38 Å². The number of hydrogen-bond donors (Lipinski definition) is 2. The number of fused-ring (bicyclic) bond motifs is 1. The molecular weight excluding hydrogens is 417 g/mol. The van der Waals surface area contributed by atoms with Crippen molar-refractivity contribution in [3.05, 3.63) is 42.0 Å². The molecule has 4 nitrogen and oxygen atoms in total. The minimum Gasteiger partial charge on any atom is -0.508 e. The molecule has 2 aromatic carbocycles. The summed E-state index contributed by atoms with van der Waals surface area (Å²) < 4.78 is 11.2. The second-order valence-electron chi connectivity index (χ2n) is 9.64. The molecule has 0 amide bonds. The van der Waals surface area contributed by atoms with Crippen LogP contribution in [0.4, 0.5) is 0 Å². The Morgan fingerprint density at radius 3 is 2.16 bits per heavy atom. The lowest BCUT2D eigenvalue weighted by Gasteiger charge is -2.33. The van der Waals surface area contributed by atoms with Crippen molar-refractivity contribution in [2.75, 3.05) is 25.9 Å². The minimum absolute atomic E-state index is 0.304. The Hall–Kier alpha value is -1.19. The van der Waals surface area contributed by atoms with Crippen molar-refractivity contribution in [1.29, 1.82) is 0 Å². The molecule has 2 aromatic rings. The van der Waals surface area contributed by atoms with E-state index in [4.69, 9.17) is 9.05 Å². The van der Waals surface area contributed by atoms with Crippen molar-refractivity contribution < 1.29 is 14.2 Å². The Balaban J connectivity index is 0.000000303. The zero-order valence-electron chi connectivity index (χ0n) is 20.8. The average Bonchev–Trinajstić information content (AvgIpc) is 2.77. The van der Waals surface area contributed by atoms with Crippen molar-refractivity contribution in [2.24, 2.45) is 11.3 Å². The number of rotatable bonds is 9. The van der Waals surface area contributed by atoms with Crippen LogP contribution in [0.15, 0.2) is 36.4 Å². The largest absolute Gasteiger partial charge is 0.508 e. The number of benzene rings is 2. The van der Waals surface area contributed by atoms with E-state index in [-0.39, 0.29) is 0 Å². The second-order valence-corrected chi connectivity index (χ2v) is 11.3.